The first kappa shape index (κ1) is 28.2. The van der Waals surface area contributed by atoms with Crippen LogP contribution in [0.3, 0.4) is 0 Å². The molecule has 0 aromatic carbocycles. The van der Waals surface area contributed by atoms with Gasteiger partial charge in [0, 0.05) is 18.8 Å². The maximum absolute atomic E-state index is 13.6. The fraction of sp³-hybridized carbons (Fsp3) is 0.579. The van der Waals surface area contributed by atoms with E-state index >= 15 is 0 Å². The molecular formula is C19H25ClFN4O10P. The lowest BCUT2D eigenvalue weighted by Gasteiger charge is -2.28. The number of unbranched alkanes of at least 4 members (excludes halogenated alkanes) is 1. The molecule has 1 aliphatic heterocycles. The zero-order valence-corrected chi connectivity index (χ0v) is 20.7. The molecule has 3 rings (SSSR count). The number of H-pyrrole nitrogens is 1. The van der Waals surface area contributed by atoms with E-state index in [-0.39, 0.29) is 18.7 Å². The maximum atomic E-state index is 13.6. The Morgan fingerprint density at radius 1 is 1.39 bits per heavy atom. The van der Waals surface area contributed by atoms with Gasteiger partial charge >= 0.3 is 19.3 Å². The number of aromatic amines is 1. The van der Waals surface area contributed by atoms with Gasteiger partial charge in [0.2, 0.25) is 5.82 Å². The molecule has 1 unspecified atom stereocenters. The van der Waals surface area contributed by atoms with Crippen LogP contribution in [-0.2, 0) is 25.0 Å². The van der Waals surface area contributed by atoms with Crippen LogP contribution in [0, 0.1) is 15.9 Å². The first-order chi connectivity index (χ1) is 17.0. The second-order valence-electron chi connectivity index (χ2n) is 7.89. The van der Waals surface area contributed by atoms with Crippen molar-refractivity contribution in [1.82, 2.24) is 14.2 Å². The first-order valence-corrected chi connectivity index (χ1v) is 12.8. The highest BCUT2D eigenvalue weighted by Crippen LogP contribution is 2.52. The largest absolute Gasteiger partial charge is 0.433 e. The van der Waals surface area contributed by atoms with Gasteiger partial charge in [-0.1, -0.05) is 0 Å². The second-order valence-corrected chi connectivity index (χ2v) is 10.4. The van der Waals surface area contributed by atoms with Crippen molar-refractivity contribution in [2.45, 2.75) is 44.3 Å². The molecule has 2 aromatic rings. The first-order valence-electron chi connectivity index (χ1n) is 10.8. The zero-order valence-electron chi connectivity index (χ0n) is 19.1. The number of nitro groups is 1. The Bertz CT molecular complexity index is 1220. The van der Waals surface area contributed by atoms with Gasteiger partial charge in [-0.2, -0.15) is 4.39 Å². The van der Waals surface area contributed by atoms with E-state index in [0.29, 0.717) is 24.9 Å². The summed E-state index contributed by atoms with van der Waals surface area (Å²) in [6.07, 6.45) is -1.64. The monoisotopic (exact) mass is 554 g/mol. The summed E-state index contributed by atoms with van der Waals surface area (Å²) in [6, 6.07) is 2.42. The standard InChI is InChI=1S/C19H25ClFN4O10P/c1-23(7-3-2-6-20)36(31,32-10-12-4-5-16(34-12)25(29)30)33-11-15-14(26)8-17(35-15)24-9-13(21)18(27)22-19(24)28/h4-5,9,14-15,17,26H,2-3,6-8,10-11H2,1H3,(H,22,27,28)/t14-,15-,17-,36?/m1/s1. The summed E-state index contributed by atoms with van der Waals surface area (Å²) >= 11 is 5.70. The number of aliphatic hydroxyl groups excluding tert-OH is 1. The predicted molar refractivity (Wildman–Crippen MR) is 122 cm³/mol. The summed E-state index contributed by atoms with van der Waals surface area (Å²) in [5.74, 6) is -1.29. The summed E-state index contributed by atoms with van der Waals surface area (Å²) in [4.78, 5) is 35.1. The molecule has 1 fully saturated rings. The number of nitrogens with one attached hydrogen (secondary N) is 1. The van der Waals surface area contributed by atoms with E-state index in [4.69, 9.17) is 29.8 Å². The number of nitrogens with zero attached hydrogens (tertiary/aromatic N) is 3. The number of alkyl halides is 1. The summed E-state index contributed by atoms with van der Waals surface area (Å²) in [5, 5.41) is 21.2. The van der Waals surface area contributed by atoms with Crippen LogP contribution in [-0.4, -0.2) is 62.5 Å². The number of ether oxygens (including phenoxy) is 1. The quantitative estimate of drug-likeness (QED) is 0.122. The molecule has 0 spiro atoms. The van der Waals surface area contributed by atoms with E-state index in [1.165, 1.54) is 17.8 Å². The van der Waals surface area contributed by atoms with Crippen LogP contribution in [0.5, 0.6) is 0 Å². The van der Waals surface area contributed by atoms with Crippen LogP contribution in [0.15, 0.2) is 32.3 Å². The van der Waals surface area contributed by atoms with Crippen molar-refractivity contribution in [2.75, 3.05) is 26.1 Å². The number of aliphatic hydroxyl groups is 1. The van der Waals surface area contributed by atoms with Gasteiger partial charge in [0.05, 0.1) is 25.0 Å². The van der Waals surface area contributed by atoms with Gasteiger partial charge < -0.3 is 14.3 Å². The maximum Gasteiger partial charge on any atom is 0.433 e. The number of rotatable bonds is 13. The molecule has 17 heteroatoms. The summed E-state index contributed by atoms with van der Waals surface area (Å²) < 4.78 is 51.0. The Morgan fingerprint density at radius 2 is 2.14 bits per heavy atom. The Kier molecular flexibility index (Phi) is 9.58. The number of furan rings is 1. The predicted octanol–water partition coefficient (Wildman–Crippen LogP) is 2.12. The highest BCUT2D eigenvalue weighted by Gasteiger charge is 2.39. The fourth-order valence-corrected chi connectivity index (χ4v) is 5.03. The molecule has 14 nitrogen and oxygen atoms in total. The topological polar surface area (TPSA) is 179 Å². The van der Waals surface area contributed by atoms with Gasteiger partial charge in [0.15, 0.2) is 0 Å². The minimum Gasteiger partial charge on any atom is -0.403 e. The van der Waals surface area contributed by atoms with E-state index in [9.17, 15) is 33.8 Å². The molecule has 0 bridgehead atoms. The lowest BCUT2D eigenvalue weighted by molar-refractivity contribution is -0.402. The smallest absolute Gasteiger partial charge is 0.403 e. The fourth-order valence-electron chi connectivity index (χ4n) is 3.36. The number of hydrogen-bond acceptors (Lipinski definition) is 10. The molecule has 200 valence electrons. The van der Waals surface area contributed by atoms with Crippen molar-refractivity contribution in [2.24, 2.45) is 0 Å². The van der Waals surface area contributed by atoms with Gasteiger partial charge in [-0.3, -0.25) is 33.5 Å². The van der Waals surface area contributed by atoms with E-state index < -0.39 is 67.3 Å². The molecule has 0 radical (unpaired) electrons. The second kappa shape index (κ2) is 12.2. The average Bonchev–Trinajstić information content (AvgIpc) is 3.45. The Balaban J connectivity index is 1.69. The Labute approximate surface area is 208 Å². The molecule has 2 aromatic heterocycles. The van der Waals surface area contributed by atoms with Gasteiger partial charge in [-0.05, 0) is 26.0 Å². The highest BCUT2D eigenvalue weighted by molar-refractivity contribution is 7.51. The van der Waals surface area contributed by atoms with Crippen molar-refractivity contribution in [3.8, 4) is 0 Å². The van der Waals surface area contributed by atoms with Crippen LogP contribution in [0.25, 0.3) is 0 Å². The van der Waals surface area contributed by atoms with Crippen molar-refractivity contribution < 1.29 is 37.2 Å². The van der Waals surface area contributed by atoms with Crippen LogP contribution in [0.4, 0.5) is 10.3 Å². The molecule has 36 heavy (non-hydrogen) atoms. The number of aromatic nitrogens is 2. The number of halogens is 2. The molecule has 2 N–H and O–H groups in total. The normalized spacial score (nSPS) is 21.6. The van der Waals surface area contributed by atoms with Crippen molar-refractivity contribution in [3.63, 3.8) is 0 Å². The third kappa shape index (κ3) is 6.88. The molecule has 1 saturated heterocycles. The van der Waals surface area contributed by atoms with Crippen LogP contribution >= 0.6 is 19.3 Å². The van der Waals surface area contributed by atoms with Crippen LogP contribution in [0.2, 0.25) is 0 Å². The average molecular weight is 555 g/mol. The molecule has 3 heterocycles. The summed E-state index contributed by atoms with van der Waals surface area (Å²) in [7, 11) is -2.55. The third-order valence-corrected chi connectivity index (χ3v) is 7.56. The molecular weight excluding hydrogens is 530 g/mol. The lowest BCUT2D eigenvalue weighted by atomic mass is 10.2. The summed E-state index contributed by atoms with van der Waals surface area (Å²) in [5.41, 5.74) is -2.12. The molecule has 4 atom stereocenters. The Hall–Kier alpha value is -2.39. The minimum atomic E-state index is -4.03. The van der Waals surface area contributed by atoms with Crippen LogP contribution < -0.4 is 11.2 Å². The van der Waals surface area contributed by atoms with Gasteiger partial charge in [0.25, 0.3) is 5.56 Å². The SMILES string of the molecule is CN(CCCCCl)P(=O)(OCc1ccc([N+](=O)[O-])o1)OC[C@H]1O[C@@H](n2cc(F)c(=O)[nH]c2=O)C[C@H]1O. The lowest BCUT2D eigenvalue weighted by Crippen LogP contribution is -2.34. The molecule has 1 aliphatic rings. The molecule has 0 saturated carbocycles. The summed E-state index contributed by atoms with van der Waals surface area (Å²) in [6.45, 7) is -0.577. The van der Waals surface area contributed by atoms with E-state index in [0.717, 1.165) is 10.6 Å². The molecule has 0 aliphatic carbocycles. The zero-order chi connectivity index (χ0) is 26.5. The van der Waals surface area contributed by atoms with Gasteiger partial charge in [0.1, 0.15) is 29.6 Å². The third-order valence-electron chi connectivity index (χ3n) is 5.32. The molecule has 0 amide bonds. The van der Waals surface area contributed by atoms with E-state index in [1.54, 1.807) is 4.98 Å². The number of hydrogen-bond donors (Lipinski definition) is 2. The van der Waals surface area contributed by atoms with Crippen molar-refractivity contribution in [1.29, 1.82) is 0 Å². The minimum absolute atomic E-state index is 0.0383. The Morgan fingerprint density at radius 3 is 2.81 bits per heavy atom. The van der Waals surface area contributed by atoms with Crippen LogP contribution in [0.1, 0.15) is 31.3 Å². The van der Waals surface area contributed by atoms with Gasteiger partial charge in [-0.15, -0.1) is 11.6 Å². The van der Waals surface area contributed by atoms with Crippen molar-refractivity contribution in [3.05, 3.63) is 60.9 Å². The van der Waals surface area contributed by atoms with E-state index in [2.05, 4.69) is 0 Å². The van der Waals surface area contributed by atoms with E-state index in [1.807, 2.05) is 0 Å². The van der Waals surface area contributed by atoms with Crippen molar-refractivity contribution >= 4 is 25.2 Å². The van der Waals surface area contributed by atoms with Gasteiger partial charge in [-0.25, -0.2) is 14.0 Å². The highest BCUT2D eigenvalue weighted by atomic mass is 35.5.